The molecule has 1 aliphatic carbocycles. The lowest BCUT2D eigenvalue weighted by Crippen LogP contribution is -2.16. The van der Waals surface area contributed by atoms with Gasteiger partial charge in [0.05, 0.1) is 13.3 Å². The SMILES string of the molecule is CCn1ncc(OC)c1C1=CC(N)CCCC1. The molecular formula is C13H21N3O. The summed E-state index contributed by atoms with van der Waals surface area (Å²) >= 11 is 0. The van der Waals surface area contributed by atoms with Crippen LogP contribution in [0.1, 0.15) is 38.3 Å². The Morgan fingerprint density at radius 1 is 1.53 bits per heavy atom. The van der Waals surface area contributed by atoms with E-state index in [0.717, 1.165) is 30.8 Å². The Labute approximate surface area is 102 Å². The van der Waals surface area contributed by atoms with Crippen LogP contribution < -0.4 is 10.5 Å². The van der Waals surface area contributed by atoms with E-state index in [4.69, 9.17) is 10.5 Å². The van der Waals surface area contributed by atoms with Crippen molar-refractivity contribution < 1.29 is 4.74 Å². The lowest BCUT2D eigenvalue weighted by atomic mass is 10.1. The molecule has 1 unspecified atom stereocenters. The normalized spacial score (nSPS) is 20.9. The summed E-state index contributed by atoms with van der Waals surface area (Å²) in [6, 6.07) is 0.164. The van der Waals surface area contributed by atoms with Crippen molar-refractivity contribution in [2.24, 2.45) is 5.73 Å². The minimum Gasteiger partial charge on any atom is -0.493 e. The van der Waals surface area contributed by atoms with Gasteiger partial charge in [0.1, 0.15) is 5.69 Å². The molecule has 94 valence electrons. The molecule has 2 rings (SSSR count). The summed E-state index contributed by atoms with van der Waals surface area (Å²) in [6.45, 7) is 2.94. The molecule has 0 spiro atoms. The van der Waals surface area contributed by atoms with Crippen LogP contribution in [0.2, 0.25) is 0 Å². The number of hydrogen-bond acceptors (Lipinski definition) is 3. The second-order valence-electron chi connectivity index (χ2n) is 4.48. The summed E-state index contributed by atoms with van der Waals surface area (Å²) in [4.78, 5) is 0. The van der Waals surface area contributed by atoms with Crippen molar-refractivity contribution in [3.63, 3.8) is 0 Å². The monoisotopic (exact) mass is 235 g/mol. The molecule has 0 amide bonds. The van der Waals surface area contributed by atoms with Crippen LogP contribution in [0.3, 0.4) is 0 Å². The van der Waals surface area contributed by atoms with Gasteiger partial charge in [0, 0.05) is 12.6 Å². The third-order valence-corrected chi connectivity index (χ3v) is 3.28. The van der Waals surface area contributed by atoms with Crippen molar-refractivity contribution in [3.8, 4) is 5.75 Å². The molecular weight excluding hydrogens is 214 g/mol. The molecule has 1 aliphatic rings. The fourth-order valence-corrected chi connectivity index (χ4v) is 2.40. The lowest BCUT2D eigenvalue weighted by molar-refractivity contribution is 0.412. The molecule has 1 atom stereocenters. The molecule has 0 saturated carbocycles. The van der Waals surface area contributed by atoms with Gasteiger partial charge in [-0.15, -0.1) is 0 Å². The van der Waals surface area contributed by atoms with Crippen LogP contribution in [0.15, 0.2) is 12.3 Å². The van der Waals surface area contributed by atoms with Gasteiger partial charge >= 0.3 is 0 Å². The molecule has 0 radical (unpaired) electrons. The molecule has 0 saturated heterocycles. The highest BCUT2D eigenvalue weighted by atomic mass is 16.5. The second-order valence-corrected chi connectivity index (χ2v) is 4.48. The molecule has 0 bridgehead atoms. The Balaban J connectivity index is 2.39. The van der Waals surface area contributed by atoms with E-state index in [1.165, 1.54) is 18.4 Å². The summed E-state index contributed by atoms with van der Waals surface area (Å²) in [6.07, 6.45) is 8.50. The summed E-state index contributed by atoms with van der Waals surface area (Å²) in [5.74, 6) is 0.854. The van der Waals surface area contributed by atoms with Crippen LogP contribution in [-0.2, 0) is 6.54 Å². The lowest BCUT2D eigenvalue weighted by Gasteiger charge is -2.11. The van der Waals surface area contributed by atoms with Gasteiger partial charge in [-0.25, -0.2) is 0 Å². The van der Waals surface area contributed by atoms with Gasteiger partial charge in [0.25, 0.3) is 0 Å². The van der Waals surface area contributed by atoms with Crippen molar-refractivity contribution in [1.82, 2.24) is 9.78 Å². The highest BCUT2D eigenvalue weighted by Crippen LogP contribution is 2.31. The average molecular weight is 235 g/mol. The third-order valence-electron chi connectivity index (χ3n) is 3.28. The number of methoxy groups -OCH3 is 1. The topological polar surface area (TPSA) is 53.1 Å². The first-order chi connectivity index (χ1) is 8.26. The Bertz CT molecular complexity index is 387. The van der Waals surface area contributed by atoms with Gasteiger partial charge in [-0.3, -0.25) is 4.68 Å². The van der Waals surface area contributed by atoms with Crippen molar-refractivity contribution in [2.75, 3.05) is 7.11 Å². The number of hydrogen-bond donors (Lipinski definition) is 1. The van der Waals surface area contributed by atoms with Crippen molar-refractivity contribution >= 4 is 5.57 Å². The average Bonchev–Trinajstić information content (AvgIpc) is 2.64. The maximum atomic E-state index is 6.07. The highest BCUT2D eigenvalue weighted by Gasteiger charge is 2.18. The number of nitrogens with two attached hydrogens (primary N) is 1. The first-order valence-electron chi connectivity index (χ1n) is 6.32. The molecule has 0 fully saturated rings. The maximum absolute atomic E-state index is 6.07. The standard InChI is InChI=1S/C13H21N3O/c1-3-16-13(12(17-2)9-15-16)10-6-4-5-7-11(14)8-10/h8-9,11H,3-7,14H2,1-2H3. The number of aryl methyl sites for hydroxylation is 1. The Morgan fingerprint density at radius 2 is 2.35 bits per heavy atom. The van der Waals surface area contributed by atoms with Crippen LogP contribution in [-0.4, -0.2) is 22.9 Å². The molecule has 17 heavy (non-hydrogen) atoms. The number of allylic oxidation sites excluding steroid dienone is 1. The second kappa shape index (κ2) is 5.36. The van der Waals surface area contributed by atoms with Crippen molar-refractivity contribution in [3.05, 3.63) is 18.0 Å². The summed E-state index contributed by atoms with van der Waals surface area (Å²) in [5, 5.41) is 4.35. The maximum Gasteiger partial charge on any atom is 0.164 e. The zero-order valence-corrected chi connectivity index (χ0v) is 10.6. The zero-order chi connectivity index (χ0) is 12.3. The van der Waals surface area contributed by atoms with E-state index in [1.54, 1.807) is 13.3 Å². The molecule has 1 heterocycles. The summed E-state index contributed by atoms with van der Waals surface area (Å²) in [7, 11) is 1.69. The van der Waals surface area contributed by atoms with E-state index >= 15 is 0 Å². The third kappa shape index (κ3) is 2.52. The number of rotatable bonds is 3. The Morgan fingerprint density at radius 3 is 3.06 bits per heavy atom. The van der Waals surface area contributed by atoms with Crippen molar-refractivity contribution in [1.29, 1.82) is 0 Å². The molecule has 2 N–H and O–H groups in total. The number of ether oxygens (including phenoxy) is 1. The molecule has 0 aromatic carbocycles. The molecule has 0 aliphatic heterocycles. The van der Waals surface area contributed by atoms with E-state index in [9.17, 15) is 0 Å². The van der Waals surface area contributed by atoms with Gasteiger partial charge in [-0.2, -0.15) is 5.10 Å². The predicted molar refractivity (Wildman–Crippen MR) is 68.9 cm³/mol. The van der Waals surface area contributed by atoms with E-state index in [-0.39, 0.29) is 6.04 Å². The van der Waals surface area contributed by atoms with E-state index in [1.807, 2.05) is 4.68 Å². The van der Waals surface area contributed by atoms with Crippen LogP contribution >= 0.6 is 0 Å². The first-order valence-corrected chi connectivity index (χ1v) is 6.32. The van der Waals surface area contributed by atoms with Crippen molar-refractivity contribution in [2.45, 2.75) is 45.2 Å². The minimum atomic E-state index is 0.164. The van der Waals surface area contributed by atoms with Crippen LogP contribution in [0.5, 0.6) is 5.75 Å². The van der Waals surface area contributed by atoms with Gasteiger partial charge in [0.2, 0.25) is 0 Å². The smallest absolute Gasteiger partial charge is 0.164 e. The molecule has 4 heteroatoms. The van der Waals surface area contributed by atoms with Gasteiger partial charge in [-0.05, 0) is 31.8 Å². The summed E-state index contributed by atoms with van der Waals surface area (Å²) in [5.41, 5.74) is 8.45. The number of nitrogens with zero attached hydrogens (tertiary/aromatic N) is 2. The van der Waals surface area contributed by atoms with E-state index < -0.39 is 0 Å². The quantitative estimate of drug-likeness (QED) is 0.873. The predicted octanol–water partition coefficient (Wildman–Crippen LogP) is 2.20. The van der Waals surface area contributed by atoms with Crippen LogP contribution in [0.25, 0.3) is 5.57 Å². The van der Waals surface area contributed by atoms with Gasteiger partial charge < -0.3 is 10.5 Å². The fraction of sp³-hybridized carbons (Fsp3) is 0.615. The van der Waals surface area contributed by atoms with Crippen LogP contribution in [0, 0.1) is 0 Å². The number of aromatic nitrogens is 2. The molecule has 1 aromatic rings. The van der Waals surface area contributed by atoms with E-state index in [0.29, 0.717) is 0 Å². The van der Waals surface area contributed by atoms with E-state index in [2.05, 4.69) is 18.1 Å². The zero-order valence-electron chi connectivity index (χ0n) is 10.6. The van der Waals surface area contributed by atoms with Gasteiger partial charge in [-0.1, -0.05) is 12.5 Å². The Kier molecular flexibility index (Phi) is 3.84. The minimum absolute atomic E-state index is 0.164. The first kappa shape index (κ1) is 12.2. The largest absolute Gasteiger partial charge is 0.493 e. The molecule has 1 aromatic heterocycles. The Hall–Kier alpha value is -1.29. The van der Waals surface area contributed by atoms with Crippen LogP contribution in [0.4, 0.5) is 0 Å². The molecule has 4 nitrogen and oxygen atoms in total. The summed E-state index contributed by atoms with van der Waals surface area (Å²) < 4.78 is 7.38. The van der Waals surface area contributed by atoms with Gasteiger partial charge in [0.15, 0.2) is 5.75 Å². The fourth-order valence-electron chi connectivity index (χ4n) is 2.40. The highest BCUT2D eigenvalue weighted by molar-refractivity contribution is 5.68.